The number of hydrogen-bond acceptors (Lipinski definition) is 2. The van der Waals surface area contributed by atoms with Crippen LogP contribution in [0.1, 0.15) is 25.3 Å². The zero-order valence-electron chi connectivity index (χ0n) is 8.01. The summed E-state index contributed by atoms with van der Waals surface area (Å²) in [4.78, 5) is 4.24. The first kappa shape index (κ1) is 10.5. The van der Waals surface area contributed by atoms with E-state index in [1.807, 2.05) is 19.1 Å². The van der Waals surface area contributed by atoms with Crippen LogP contribution in [0.15, 0.2) is 16.7 Å². The number of ether oxygens (including phenoxy) is 1. The second-order valence-corrected chi connectivity index (χ2v) is 3.71. The number of hydrogen-bond donors (Lipinski definition) is 0. The van der Waals surface area contributed by atoms with Gasteiger partial charge in [0.2, 0.25) is 5.88 Å². The lowest BCUT2D eigenvalue weighted by atomic mass is 10.3. The molecule has 0 N–H and O–H groups in total. The minimum atomic E-state index is 0.700. The van der Waals surface area contributed by atoms with Crippen LogP contribution in [0.2, 0.25) is 0 Å². The largest absolute Gasteiger partial charge is 0.478 e. The minimum absolute atomic E-state index is 0.700. The van der Waals surface area contributed by atoms with Crippen LogP contribution in [0.3, 0.4) is 0 Å². The van der Waals surface area contributed by atoms with Crippen LogP contribution in [0, 0.1) is 6.92 Å². The highest BCUT2D eigenvalue weighted by Crippen LogP contribution is 2.17. The lowest BCUT2D eigenvalue weighted by Crippen LogP contribution is -1.98. The molecule has 1 rings (SSSR count). The Labute approximate surface area is 87.5 Å². The normalized spacial score (nSPS) is 10.1. The second-order valence-electron chi connectivity index (χ2n) is 2.96. The summed E-state index contributed by atoms with van der Waals surface area (Å²) < 4.78 is 6.30. The van der Waals surface area contributed by atoms with Crippen LogP contribution in [0.25, 0.3) is 0 Å². The Balaban J connectivity index is 2.53. The van der Waals surface area contributed by atoms with Gasteiger partial charge in [-0.05, 0) is 34.8 Å². The lowest BCUT2D eigenvalue weighted by Gasteiger charge is -2.05. The number of halogens is 1. The average Bonchev–Trinajstić information content (AvgIpc) is 2.12. The molecule has 1 heterocycles. The third-order valence-corrected chi connectivity index (χ3v) is 2.56. The van der Waals surface area contributed by atoms with Crippen molar-refractivity contribution in [2.24, 2.45) is 0 Å². The molecule has 0 atom stereocenters. The van der Waals surface area contributed by atoms with Gasteiger partial charge in [0.05, 0.1) is 6.61 Å². The van der Waals surface area contributed by atoms with Crippen molar-refractivity contribution in [3.8, 4) is 5.88 Å². The molecule has 3 heteroatoms. The molecule has 72 valence electrons. The lowest BCUT2D eigenvalue weighted by molar-refractivity contribution is 0.297. The van der Waals surface area contributed by atoms with Crippen molar-refractivity contribution in [3.63, 3.8) is 0 Å². The number of aryl methyl sites for hydroxylation is 1. The molecule has 0 bridgehead atoms. The second kappa shape index (κ2) is 5.22. The molecular formula is C10H14BrNO. The van der Waals surface area contributed by atoms with Crippen molar-refractivity contribution >= 4 is 15.9 Å². The SMILES string of the molecule is CCCCOc1ccc(C)c(Br)n1. The first-order valence-electron chi connectivity index (χ1n) is 4.50. The third-order valence-electron chi connectivity index (χ3n) is 1.76. The maximum absolute atomic E-state index is 5.44. The predicted octanol–water partition coefficient (Wildman–Crippen LogP) is 3.33. The molecule has 1 aromatic heterocycles. The molecule has 0 amide bonds. The number of unbranched alkanes of at least 4 members (excludes halogenated alkanes) is 1. The maximum atomic E-state index is 5.44. The molecule has 2 nitrogen and oxygen atoms in total. The van der Waals surface area contributed by atoms with Crippen LogP contribution < -0.4 is 4.74 Å². The number of aromatic nitrogens is 1. The van der Waals surface area contributed by atoms with Crippen molar-refractivity contribution in [3.05, 3.63) is 22.3 Å². The van der Waals surface area contributed by atoms with Crippen molar-refractivity contribution in [2.45, 2.75) is 26.7 Å². The molecule has 0 saturated carbocycles. The Hall–Kier alpha value is -0.570. The Kier molecular flexibility index (Phi) is 4.22. The molecule has 0 fully saturated rings. The van der Waals surface area contributed by atoms with Crippen molar-refractivity contribution < 1.29 is 4.74 Å². The number of pyridine rings is 1. The summed E-state index contributed by atoms with van der Waals surface area (Å²) in [5.41, 5.74) is 1.13. The first-order chi connectivity index (χ1) is 6.24. The highest BCUT2D eigenvalue weighted by atomic mass is 79.9. The zero-order chi connectivity index (χ0) is 9.68. The summed E-state index contributed by atoms with van der Waals surface area (Å²) in [7, 11) is 0. The highest BCUT2D eigenvalue weighted by Gasteiger charge is 1.98. The summed E-state index contributed by atoms with van der Waals surface area (Å²) in [6, 6.07) is 3.90. The molecule has 0 unspecified atom stereocenters. The number of rotatable bonds is 4. The Morgan fingerprint density at radius 2 is 2.23 bits per heavy atom. The smallest absolute Gasteiger partial charge is 0.214 e. The van der Waals surface area contributed by atoms with Gasteiger partial charge in [0, 0.05) is 6.07 Å². The quantitative estimate of drug-likeness (QED) is 0.598. The van der Waals surface area contributed by atoms with Crippen LogP contribution in [-0.4, -0.2) is 11.6 Å². The van der Waals surface area contributed by atoms with Crippen LogP contribution in [0.4, 0.5) is 0 Å². The van der Waals surface area contributed by atoms with E-state index in [1.165, 1.54) is 0 Å². The molecular weight excluding hydrogens is 230 g/mol. The van der Waals surface area contributed by atoms with Crippen molar-refractivity contribution in [2.75, 3.05) is 6.61 Å². The maximum Gasteiger partial charge on any atom is 0.214 e. The fraction of sp³-hybridized carbons (Fsp3) is 0.500. The molecule has 1 aromatic rings. The van der Waals surface area contributed by atoms with E-state index in [0.29, 0.717) is 5.88 Å². The molecule has 0 spiro atoms. The summed E-state index contributed by atoms with van der Waals surface area (Å²) >= 11 is 3.36. The molecule has 0 aromatic carbocycles. The Morgan fingerprint density at radius 1 is 1.46 bits per heavy atom. The van der Waals surface area contributed by atoms with E-state index >= 15 is 0 Å². The van der Waals surface area contributed by atoms with E-state index in [4.69, 9.17) is 4.74 Å². The summed E-state index contributed by atoms with van der Waals surface area (Å²) in [5, 5.41) is 0. The van der Waals surface area contributed by atoms with Gasteiger partial charge in [-0.1, -0.05) is 19.4 Å². The van der Waals surface area contributed by atoms with E-state index in [9.17, 15) is 0 Å². The molecule has 0 aliphatic heterocycles. The standard InChI is InChI=1S/C10H14BrNO/c1-3-4-7-13-9-6-5-8(2)10(11)12-9/h5-6H,3-4,7H2,1-2H3. The minimum Gasteiger partial charge on any atom is -0.478 e. The Morgan fingerprint density at radius 3 is 2.85 bits per heavy atom. The summed E-state index contributed by atoms with van der Waals surface area (Å²) in [5.74, 6) is 0.700. The predicted molar refractivity (Wildman–Crippen MR) is 57.1 cm³/mol. The topological polar surface area (TPSA) is 22.1 Å². The van der Waals surface area contributed by atoms with Crippen LogP contribution >= 0.6 is 15.9 Å². The van der Waals surface area contributed by atoms with E-state index in [-0.39, 0.29) is 0 Å². The summed E-state index contributed by atoms with van der Waals surface area (Å²) in [6.45, 7) is 4.90. The zero-order valence-corrected chi connectivity index (χ0v) is 9.60. The van der Waals surface area contributed by atoms with Gasteiger partial charge >= 0.3 is 0 Å². The van der Waals surface area contributed by atoms with Crippen LogP contribution in [-0.2, 0) is 0 Å². The van der Waals surface area contributed by atoms with Gasteiger partial charge < -0.3 is 4.74 Å². The monoisotopic (exact) mass is 243 g/mol. The van der Waals surface area contributed by atoms with Gasteiger partial charge in [0.15, 0.2) is 0 Å². The first-order valence-corrected chi connectivity index (χ1v) is 5.29. The van der Waals surface area contributed by atoms with Gasteiger partial charge in [0.25, 0.3) is 0 Å². The molecule has 0 aliphatic carbocycles. The van der Waals surface area contributed by atoms with E-state index in [0.717, 1.165) is 29.6 Å². The molecule has 0 radical (unpaired) electrons. The van der Waals surface area contributed by atoms with Crippen molar-refractivity contribution in [1.82, 2.24) is 4.98 Å². The van der Waals surface area contributed by atoms with Gasteiger partial charge in [-0.3, -0.25) is 0 Å². The van der Waals surface area contributed by atoms with E-state index in [1.54, 1.807) is 0 Å². The molecule has 0 saturated heterocycles. The molecule has 13 heavy (non-hydrogen) atoms. The summed E-state index contributed by atoms with van der Waals surface area (Å²) in [6.07, 6.45) is 2.22. The molecule has 0 aliphatic rings. The highest BCUT2D eigenvalue weighted by molar-refractivity contribution is 9.10. The van der Waals surface area contributed by atoms with Gasteiger partial charge in [-0.15, -0.1) is 0 Å². The van der Waals surface area contributed by atoms with Gasteiger partial charge in [-0.25, -0.2) is 4.98 Å². The van der Waals surface area contributed by atoms with Gasteiger partial charge in [-0.2, -0.15) is 0 Å². The fourth-order valence-corrected chi connectivity index (χ4v) is 1.20. The van der Waals surface area contributed by atoms with Gasteiger partial charge in [0.1, 0.15) is 4.60 Å². The Bertz CT molecular complexity index is 276. The average molecular weight is 244 g/mol. The van der Waals surface area contributed by atoms with Crippen LogP contribution in [0.5, 0.6) is 5.88 Å². The fourth-order valence-electron chi connectivity index (χ4n) is 0.889. The van der Waals surface area contributed by atoms with E-state index in [2.05, 4.69) is 27.8 Å². The third kappa shape index (κ3) is 3.35. The van der Waals surface area contributed by atoms with Crippen molar-refractivity contribution in [1.29, 1.82) is 0 Å². The number of nitrogens with zero attached hydrogens (tertiary/aromatic N) is 1. The van der Waals surface area contributed by atoms with E-state index < -0.39 is 0 Å².